The Bertz CT molecular complexity index is 1220. The van der Waals surface area contributed by atoms with E-state index >= 15 is 0 Å². The van der Waals surface area contributed by atoms with E-state index in [0.717, 1.165) is 0 Å². The molecule has 1 atom stereocenters. The molecule has 2 heterocycles. The fourth-order valence-corrected chi connectivity index (χ4v) is 3.85. The van der Waals surface area contributed by atoms with Crippen molar-refractivity contribution in [1.82, 2.24) is 4.98 Å². The summed E-state index contributed by atoms with van der Waals surface area (Å²) in [4.78, 5) is 31.8. The van der Waals surface area contributed by atoms with E-state index in [1.165, 1.54) is 12.0 Å². The van der Waals surface area contributed by atoms with Crippen LogP contribution in [-0.2, 0) is 9.59 Å². The number of rotatable bonds is 7. The highest BCUT2D eigenvalue weighted by molar-refractivity contribution is 6.51. The van der Waals surface area contributed by atoms with Gasteiger partial charge in [0.1, 0.15) is 17.3 Å². The number of amides is 1. The molecule has 1 N–H and O–H groups in total. The topological polar surface area (TPSA) is 89.0 Å². The van der Waals surface area contributed by atoms with Gasteiger partial charge in [-0.05, 0) is 60.0 Å². The summed E-state index contributed by atoms with van der Waals surface area (Å²) in [5.74, 6) is -0.157. The molecule has 0 saturated carbocycles. The molecule has 0 spiro atoms. The first-order valence-electron chi connectivity index (χ1n) is 11.0. The Labute approximate surface area is 198 Å². The number of hydrogen-bond acceptors (Lipinski definition) is 6. The third-order valence-corrected chi connectivity index (χ3v) is 5.51. The quantitative estimate of drug-likeness (QED) is 0.312. The van der Waals surface area contributed by atoms with Crippen molar-refractivity contribution < 1.29 is 24.2 Å². The van der Waals surface area contributed by atoms with Crippen LogP contribution >= 0.6 is 0 Å². The molecule has 0 bridgehead atoms. The van der Waals surface area contributed by atoms with E-state index in [1.807, 2.05) is 0 Å². The lowest BCUT2D eigenvalue weighted by molar-refractivity contribution is -0.132. The van der Waals surface area contributed by atoms with Gasteiger partial charge in [-0.15, -0.1) is 0 Å². The maximum atomic E-state index is 13.2. The first kappa shape index (κ1) is 23.0. The van der Waals surface area contributed by atoms with Crippen molar-refractivity contribution in [2.24, 2.45) is 5.92 Å². The largest absolute Gasteiger partial charge is 0.507 e. The summed E-state index contributed by atoms with van der Waals surface area (Å²) in [7, 11) is 1.53. The predicted molar refractivity (Wildman–Crippen MR) is 129 cm³/mol. The van der Waals surface area contributed by atoms with Crippen molar-refractivity contribution in [3.63, 3.8) is 0 Å². The van der Waals surface area contributed by atoms with Crippen molar-refractivity contribution in [2.75, 3.05) is 18.6 Å². The van der Waals surface area contributed by atoms with Gasteiger partial charge < -0.3 is 14.6 Å². The van der Waals surface area contributed by atoms with Crippen LogP contribution < -0.4 is 14.4 Å². The van der Waals surface area contributed by atoms with Crippen molar-refractivity contribution in [1.29, 1.82) is 0 Å². The van der Waals surface area contributed by atoms with Crippen molar-refractivity contribution in [3.8, 4) is 11.5 Å². The molecule has 1 unspecified atom stereocenters. The molecule has 1 aromatic heterocycles. The van der Waals surface area contributed by atoms with E-state index in [1.54, 1.807) is 73.1 Å². The fourth-order valence-electron chi connectivity index (χ4n) is 3.85. The molecule has 1 aliphatic heterocycles. The number of ether oxygens (including phenoxy) is 2. The summed E-state index contributed by atoms with van der Waals surface area (Å²) < 4.78 is 11.0. The molecule has 2 aromatic carbocycles. The van der Waals surface area contributed by atoms with Crippen LogP contribution in [0.4, 0.5) is 5.69 Å². The molecule has 1 aliphatic rings. The molecule has 7 nitrogen and oxygen atoms in total. The molecule has 7 heteroatoms. The van der Waals surface area contributed by atoms with Crippen LogP contribution in [0, 0.1) is 5.92 Å². The molecule has 1 amide bonds. The van der Waals surface area contributed by atoms with Crippen LogP contribution in [-0.4, -0.2) is 35.5 Å². The lowest BCUT2D eigenvalue weighted by Crippen LogP contribution is -2.29. The first-order valence-corrected chi connectivity index (χ1v) is 11.0. The second kappa shape index (κ2) is 9.79. The summed E-state index contributed by atoms with van der Waals surface area (Å²) in [6.07, 6.45) is 3.17. The van der Waals surface area contributed by atoms with Crippen LogP contribution in [0.2, 0.25) is 0 Å². The Morgan fingerprint density at radius 2 is 1.74 bits per heavy atom. The monoisotopic (exact) mass is 458 g/mol. The number of carbonyl (C=O) groups excluding carboxylic acids is 2. The van der Waals surface area contributed by atoms with Crippen molar-refractivity contribution >= 4 is 23.1 Å². The number of anilines is 1. The highest BCUT2D eigenvalue weighted by Crippen LogP contribution is 2.42. The third-order valence-electron chi connectivity index (χ3n) is 5.51. The Hall–Kier alpha value is -4.13. The summed E-state index contributed by atoms with van der Waals surface area (Å²) in [6.45, 7) is 4.68. The van der Waals surface area contributed by atoms with Crippen LogP contribution in [0.15, 0.2) is 78.6 Å². The standard InChI is InChI=1S/C27H26N2O5/c1-17(2)16-34-21-9-7-19(8-10-21)25(30)23-24(18-11-13-28-14-12-18)29(27(32)26(23)31)20-5-4-6-22(15-20)33-3/h4-15,17,24,30H,16H2,1-3H3/b25-23+. The summed E-state index contributed by atoms with van der Waals surface area (Å²) in [6, 6.07) is 16.3. The maximum absolute atomic E-state index is 13.2. The second-order valence-electron chi connectivity index (χ2n) is 8.38. The number of Topliss-reactive ketones (excluding diaryl/α,β-unsaturated/α-hetero) is 1. The highest BCUT2D eigenvalue weighted by Gasteiger charge is 2.47. The van der Waals surface area contributed by atoms with Gasteiger partial charge in [0, 0.05) is 29.7 Å². The minimum absolute atomic E-state index is 0.00914. The molecule has 1 saturated heterocycles. The number of pyridine rings is 1. The first-order chi connectivity index (χ1) is 16.4. The van der Waals surface area contributed by atoms with Gasteiger partial charge in [0.15, 0.2) is 0 Å². The summed E-state index contributed by atoms with van der Waals surface area (Å²) in [5.41, 5.74) is 1.56. The van der Waals surface area contributed by atoms with E-state index in [0.29, 0.717) is 40.8 Å². The maximum Gasteiger partial charge on any atom is 0.300 e. The SMILES string of the molecule is COc1cccc(N2C(=O)C(=O)/C(=C(/O)c3ccc(OCC(C)C)cc3)C2c2ccncc2)c1. The Morgan fingerprint density at radius 1 is 1.03 bits per heavy atom. The zero-order chi connectivity index (χ0) is 24.2. The molecular weight excluding hydrogens is 432 g/mol. The zero-order valence-corrected chi connectivity index (χ0v) is 19.3. The molecule has 0 aliphatic carbocycles. The number of carbonyl (C=O) groups is 2. The fraction of sp³-hybridized carbons (Fsp3) is 0.222. The van der Waals surface area contributed by atoms with Gasteiger partial charge in [-0.2, -0.15) is 0 Å². The predicted octanol–water partition coefficient (Wildman–Crippen LogP) is 4.75. The molecule has 1 fully saturated rings. The van der Waals surface area contributed by atoms with Gasteiger partial charge in [-0.1, -0.05) is 19.9 Å². The average molecular weight is 459 g/mol. The van der Waals surface area contributed by atoms with Gasteiger partial charge in [0.05, 0.1) is 25.3 Å². The third kappa shape index (κ3) is 4.50. The second-order valence-corrected chi connectivity index (χ2v) is 8.38. The van der Waals surface area contributed by atoms with Gasteiger partial charge >= 0.3 is 0 Å². The molecule has 4 rings (SSSR count). The van der Waals surface area contributed by atoms with Crippen molar-refractivity contribution in [3.05, 3.63) is 89.8 Å². The van der Waals surface area contributed by atoms with E-state index in [2.05, 4.69) is 18.8 Å². The van der Waals surface area contributed by atoms with Crippen molar-refractivity contribution in [2.45, 2.75) is 19.9 Å². The normalized spacial score (nSPS) is 17.3. The van der Waals surface area contributed by atoms with Crippen LogP contribution in [0.5, 0.6) is 11.5 Å². The molecule has 34 heavy (non-hydrogen) atoms. The lowest BCUT2D eigenvalue weighted by atomic mass is 9.95. The molecule has 3 aromatic rings. The number of methoxy groups -OCH3 is 1. The average Bonchev–Trinajstić information content (AvgIpc) is 3.13. The highest BCUT2D eigenvalue weighted by atomic mass is 16.5. The number of ketones is 1. The summed E-state index contributed by atoms with van der Waals surface area (Å²) in [5, 5.41) is 11.2. The number of aliphatic hydroxyl groups is 1. The van der Waals surface area contributed by atoms with Crippen LogP contribution in [0.3, 0.4) is 0 Å². The number of nitrogens with zero attached hydrogens (tertiary/aromatic N) is 2. The number of hydrogen-bond donors (Lipinski definition) is 1. The summed E-state index contributed by atoms with van der Waals surface area (Å²) >= 11 is 0. The van der Waals surface area contributed by atoms with Crippen LogP contribution in [0.25, 0.3) is 5.76 Å². The Morgan fingerprint density at radius 3 is 2.38 bits per heavy atom. The van der Waals surface area contributed by atoms with E-state index < -0.39 is 17.7 Å². The number of benzene rings is 2. The zero-order valence-electron chi connectivity index (χ0n) is 19.3. The Balaban J connectivity index is 1.80. The minimum Gasteiger partial charge on any atom is -0.507 e. The van der Waals surface area contributed by atoms with E-state index in [9.17, 15) is 14.7 Å². The minimum atomic E-state index is -0.827. The van der Waals surface area contributed by atoms with Gasteiger partial charge in [-0.25, -0.2) is 0 Å². The van der Waals surface area contributed by atoms with E-state index in [-0.39, 0.29) is 11.3 Å². The molecule has 0 radical (unpaired) electrons. The van der Waals surface area contributed by atoms with Gasteiger partial charge in [0.2, 0.25) is 0 Å². The molecular formula is C27H26N2O5. The van der Waals surface area contributed by atoms with E-state index in [4.69, 9.17) is 9.47 Å². The van der Waals surface area contributed by atoms with Gasteiger partial charge in [0.25, 0.3) is 11.7 Å². The van der Waals surface area contributed by atoms with Gasteiger partial charge in [-0.3, -0.25) is 19.5 Å². The number of aromatic nitrogens is 1. The lowest BCUT2D eigenvalue weighted by Gasteiger charge is -2.25. The van der Waals surface area contributed by atoms with Crippen LogP contribution in [0.1, 0.15) is 31.0 Å². The number of aliphatic hydroxyl groups excluding tert-OH is 1. The molecule has 174 valence electrons. The smallest absolute Gasteiger partial charge is 0.300 e. The Kier molecular flexibility index (Phi) is 6.63.